The van der Waals surface area contributed by atoms with Crippen molar-refractivity contribution in [3.8, 4) is 11.4 Å². The molecular weight excluding hydrogens is 553 g/mol. The van der Waals surface area contributed by atoms with Crippen LogP contribution in [0, 0.1) is 5.41 Å². The van der Waals surface area contributed by atoms with Crippen molar-refractivity contribution in [3.05, 3.63) is 72.0 Å². The van der Waals surface area contributed by atoms with Crippen LogP contribution in [0.1, 0.15) is 75.7 Å². The molecule has 0 amide bonds. The second kappa shape index (κ2) is 10.5. The summed E-state index contributed by atoms with van der Waals surface area (Å²) in [6.45, 7) is 12.5. The van der Waals surface area contributed by atoms with Crippen LogP contribution in [0.3, 0.4) is 0 Å². The Hall–Kier alpha value is -4.15. The highest BCUT2D eigenvalue weighted by Crippen LogP contribution is 2.43. The summed E-state index contributed by atoms with van der Waals surface area (Å²) >= 11 is 0. The van der Waals surface area contributed by atoms with Crippen molar-refractivity contribution < 1.29 is 13.2 Å². The van der Waals surface area contributed by atoms with Gasteiger partial charge < -0.3 is 21.3 Å². The van der Waals surface area contributed by atoms with Crippen molar-refractivity contribution in [2.45, 2.75) is 70.5 Å². The summed E-state index contributed by atoms with van der Waals surface area (Å²) in [5, 5.41) is 6.97. The van der Waals surface area contributed by atoms with Gasteiger partial charge in [0.05, 0.1) is 23.1 Å². The molecule has 2 aliphatic carbocycles. The van der Waals surface area contributed by atoms with E-state index in [1.165, 1.54) is 18.0 Å². The number of nitrogens with two attached hydrogens (primary N) is 1. The van der Waals surface area contributed by atoms with E-state index in [0.717, 1.165) is 56.9 Å². The first-order valence-electron chi connectivity index (χ1n) is 14.7. The molecule has 0 bridgehead atoms. The first-order valence-corrected chi connectivity index (χ1v) is 14.7. The minimum atomic E-state index is -4.60. The fourth-order valence-corrected chi connectivity index (χ4v) is 5.96. The molecule has 1 aliphatic heterocycles. The Kier molecular flexibility index (Phi) is 7.09. The minimum Gasteiger partial charge on any atom is -0.383 e. The molecule has 8 nitrogen and oxygen atoms in total. The van der Waals surface area contributed by atoms with Gasteiger partial charge in [0.15, 0.2) is 11.6 Å². The quantitative estimate of drug-likeness (QED) is 0.264. The molecule has 43 heavy (non-hydrogen) atoms. The Morgan fingerprint density at radius 1 is 1.07 bits per heavy atom. The highest BCUT2D eigenvalue weighted by atomic mass is 19.4. The molecule has 4 N–H and O–H groups in total. The fourth-order valence-electron chi connectivity index (χ4n) is 5.96. The second-order valence-electron chi connectivity index (χ2n) is 12.9. The lowest BCUT2D eigenvalue weighted by molar-refractivity contribution is -0.137. The number of nitrogens with zero attached hydrogens (tertiary/aromatic N) is 5. The number of halogens is 3. The fraction of sp³-hybridized carbons (Fsp3) is 0.438. The van der Waals surface area contributed by atoms with Crippen molar-refractivity contribution in [2.24, 2.45) is 5.41 Å². The van der Waals surface area contributed by atoms with Gasteiger partial charge in [-0.1, -0.05) is 26.5 Å². The van der Waals surface area contributed by atoms with Crippen LogP contribution < -0.4 is 21.3 Å². The van der Waals surface area contributed by atoms with E-state index in [2.05, 4.69) is 68.9 Å². The minimum absolute atomic E-state index is 0.0167. The van der Waals surface area contributed by atoms with Crippen LogP contribution in [0.4, 0.5) is 30.5 Å². The van der Waals surface area contributed by atoms with Crippen LogP contribution >= 0.6 is 0 Å². The first-order chi connectivity index (χ1) is 20.3. The van der Waals surface area contributed by atoms with Gasteiger partial charge in [0, 0.05) is 42.1 Å². The third-order valence-corrected chi connectivity index (χ3v) is 8.48. The van der Waals surface area contributed by atoms with Gasteiger partial charge in [-0.3, -0.25) is 4.98 Å². The topological polar surface area (TPSA) is 105 Å². The predicted octanol–water partition coefficient (Wildman–Crippen LogP) is 6.76. The Balaban J connectivity index is 1.21. The van der Waals surface area contributed by atoms with Crippen LogP contribution in [-0.2, 0) is 6.18 Å². The summed E-state index contributed by atoms with van der Waals surface area (Å²) in [5.41, 5.74) is 8.57. The summed E-state index contributed by atoms with van der Waals surface area (Å²) in [6.07, 6.45) is 5.41. The first kappa shape index (κ1) is 28.9. The van der Waals surface area contributed by atoms with E-state index in [4.69, 9.17) is 5.73 Å². The number of nitrogen functional groups attached to an aromatic ring is 1. The highest BCUT2D eigenvalue weighted by Gasteiger charge is 2.37. The van der Waals surface area contributed by atoms with Gasteiger partial charge in [0.25, 0.3) is 0 Å². The summed E-state index contributed by atoms with van der Waals surface area (Å²) < 4.78 is 41.8. The number of piperidine rings is 1. The van der Waals surface area contributed by atoms with Crippen molar-refractivity contribution in [2.75, 3.05) is 29.0 Å². The number of anilines is 3. The second-order valence-corrected chi connectivity index (χ2v) is 12.9. The molecule has 1 saturated heterocycles. The van der Waals surface area contributed by atoms with E-state index in [1.807, 2.05) is 12.1 Å². The molecular formula is C32H37F3N8. The van der Waals surface area contributed by atoms with Gasteiger partial charge in [-0.15, -0.1) is 0 Å². The number of rotatable bonds is 8. The van der Waals surface area contributed by atoms with Crippen molar-refractivity contribution in [3.63, 3.8) is 0 Å². The molecule has 0 spiro atoms. The van der Waals surface area contributed by atoms with Gasteiger partial charge in [-0.2, -0.15) is 13.2 Å². The van der Waals surface area contributed by atoms with Gasteiger partial charge in [-0.05, 0) is 68.7 Å². The lowest BCUT2D eigenvalue weighted by Gasteiger charge is -2.45. The average molecular weight is 591 g/mol. The molecule has 11 heteroatoms. The summed E-state index contributed by atoms with van der Waals surface area (Å²) in [4.78, 5) is 19.8. The molecule has 1 saturated carbocycles. The molecule has 0 aromatic carbocycles. The van der Waals surface area contributed by atoms with Crippen LogP contribution in [0.2, 0.25) is 0 Å². The zero-order valence-electron chi connectivity index (χ0n) is 24.7. The monoisotopic (exact) mass is 590 g/mol. The SMILES string of the molecule is C=C(Nc1ncccc1N1CCC(C)(NC2=CC(C)(C)C2)CC1)c1nc(-c2nc(C3CC3)ccc2C(F)(F)F)cnc1N. The van der Waals surface area contributed by atoms with Gasteiger partial charge in [0.1, 0.15) is 17.1 Å². The van der Waals surface area contributed by atoms with E-state index < -0.39 is 11.7 Å². The molecule has 4 heterocycles. The Morgan fingerprint density at radius 2 is 1.79 bits per heavy atom. The number of nitrogens with one attached hydrogen (secondary N) is 2. The zero-order chi connectivity index (χ0) is 30.6. The third kappa shape index (κ3) is 6.16. The molecule has 0 radical (unpaired) electrons. The van der Waals surface area contributed by atoms with Crippen molar-refractivity contribution in [1.29, 1.82) is 0 Å². The normalized spacial score (nSPS) is 19.3. The van der Waals surface area contributed by atoms with Crippen LogP contribution in [0.25, 0.3) is 17.1 Å². The zero-order valence-corrected chi connectivity index (χ0v) is 24.7. The lowest BCUT2D eigenvalue weighted by atomic mass is 9.76. The Bertz CT molecular complexity index is 1580. The molecule has 3 aliphatic rings. The number of allylic oxidation sites excluding steroid dienone is 2. The molecule has 0 atom stereocenters. The van der Waals surface area contributed by atoms with E-state index >= 15 is 0 Å². The van der Waals surface area contributed by atoms with Gasteiger partial charge in [-0.25, -0.2) is 15.0 Å². The highest BCUT2D eigenvalue weighted by molar-refractivity contribution is 5.82. The van der Waals surface area contributed by atoms with Crippen molar-refractivity contribution in [1.82, 2.24) is 25.3 Å². The number of hydrogen-bond donors (Lipinski definition) is 3. The molecule has 3 aromatic rings. The van der Waals surface area contributed by atoms with E-state index in [-0.39, 0.29) is 45.5 Å². The summed E-state index contributed by atoms with van der Waals surface area (Å²) in [5.74, 6) is 0.773. The largest absolute Gasteiger partial charge is 0.418 e. The maximum absolute atomic E-state index is 13.9. The number of alkyl halides is 3. The molecule has 226 valence electrons. The van der Waals surface area contributed by atoms with Crippen LogP contribution in [-0.4, -0.2) is 38.6 Å². The smallest absolute Gasteiger partial charge is 0.383 e. The number of hydrogen-bond acceptors (Lipinski definition) is 8. The van der Waals surface area contributed by atoms with Crippen LogP contribution in [0.5, 0.6) is 0 Å². The molecule has 3 aromatic heterocycles. The van der Waals surface area contributed by atoms with E-state index in [0.29, 0.717) is 11.5 Å². The van der Waals surface area contributed by atoms with Gasteiger partial charge in [0.2, 0.25) is 0 Å². The number of aromatic nitrogens is 4. The van der Waals surface area contributed by atoms with E-state index in [1.54, 1.807) is 6.20 Å². The summed E-state index contributed by atoms with van der Waals surface area (Å²) in [6, 6.07) is 6.39. The Morgan fingerprint density at radius 3 is 2.44 bits per heavy atom. The standard InChI is InChI=1S/C32H37F3N8/c1-19(26-28(36)38-18-24(41-26)27-22(32(33,34)35)9-10-23(40-27)20-7-8-20)39-29-25(6-5-13-37-29)43-14-11-31(4,12-15-43)42-21-16-30(2,3)17-21/h5-6,9-10,13,16,18,20,42H,1,7-8,11-12,14-15,17H2,2-4H3,(H2,36,38)(H,37,39). The number of pyridine rings is 2. The lowest BCUT2D eigenvalue weighted by Crippen LogP contribution is -2.52. The summed E-state index contributed by atoms with van der Waals surface area (Å²) in [7, 11) is 0. The average Bonchev–Trinajstić information content (AvgIpc) is 3.78. The Labute approximate surface area is 249 Å². The van der Waals surface area contributed by atoms with Gasteiger partial charge >= 0.3 is 6.18 Å². The van der Waals surface area contributed by atoms with Crippen molar-refractivity contribution >= 4 is 23.0 Å². The molecule has 6 rings (SSSR count). The molecule has 2 fully saturated rings. The third-order valence-electron chi connectivity index (χ3n) is 8.48. The van der Waals surface area contributed by atoms with Crippen LogP contribution in [0.15, 0.2) is 55.0 Å². The maximum Gasteiger partial charge on any atom is 0.418 e. The predicted molar refractivity (Wildman–Crippen MR) is 163 cm³/mol. The molecule has 0 unspecified atom stereocenters. The van der Waals surface area contributed by atoms with E-state index in [9.17, 15) is 13.2 Å². The maximum atomic E-state index is 13.9.